The number of nitrogens with one attached hydrogen (secondary N) is 2. The van der Waals surface area contributed by atoms with Crippen LogP contribution in [0.1, 0.15) is 93.3 Å². The maximum Gasteiger partial charge on any atom is 0.407 e. The predicted octanol–water partition coefficient (Wildman–Crippen LogP) is 11.1. The number of amides is 4. The van der Waals surface area contributed by atoms with Gasteiger partial charge >= 0.3 is 12.2 Å². The molecule has 2 fully saturated rings. The Morgan fingerprint density at radius 1 is 0.494 bits per heavy atom. The molecule has 0 radical (unpaired) electrons. The SMILES string of the molecule is COC(=O)NC1(c2ccccc2)CCN(CCC(CN(C)C(=O)c2ccccc2)c2ccc(F)c(F)c2)CC1.COC(=O)NC1(c2ccccc2)CCN(CCC(CN(C)C(=O)c2ccccc2)c2ccc(F)c(F)c2)CC1.Cl.Cl.O. The highest BCUT2D eigenvalue weighted by molar-refractivity contribution is 5.94. The van der Waals surface area contributed by atoms with Crippen LogP contribution in [-0.4, -0.2) is 130 Å². The molecule has 436 valence electrons. The highest BCUT2D eigenvalue weighted by atomic mass is 35.5. The van der Waals surface area contributed by atoms with Gasteiger partial charge in [0.25, 0.3) is 11.8 Å². The first-order valence-corrected chi connectivity index (χ1v) is 26.4. The van der Waals surface area contributed by atoms with Gasteiger partial charge in [0, 0.05) is 76.3 Å². The zero-order valence-corrected chi connectivity index (χ0v) is 47.8. The lowest BCUT2D eigenvalue weighted by Gasteiger charge is -2.42. The Kier molecular flexibility index (Phi) is 26.1. The van der Waals surface area contributed by atoms with Crippen molar-refractivity contribution < 1.29 is 51.7 Å². The number of carbonyl (C=O) groups excluding carboxylic acids is 4. The number of hydrogen-bond acceptors (Lipinski definition) is 8. The number of carbonyl (C=O) groups is 4. The van der Waals surface area contributed by atoms with E-state index < -0.39 is 46.5 Å². The van der Waals surface area contributed by atoms with Gasteiger partial charge in [-0.2, -0.15) is 0 Å². The summed E-state index contributed by atoms with van der Waals surface area (Å²) in [5, 5.41) is 6.13. The molecule has 81 heavy (non-hydrogen) atoms. The van der Waals surface area contributed by atoms with Gasteiger partial charge in [0.15, 0.2) is 23.3 Å². The molecule has 2 unspecified atom stereocenters. The normalized spacial score (nSPS) is 15.2. The van der Waals surface area contributed by atoms with Crippen molar-refractivity contribution in [2.75, 3.05) is 80.7 Å². The van der Waals surface area contributed by atoms with Gasteiger partial charge in [0.1, 0.15) is 0 Å². The molecule has 6 aromatic rings. The summed E-state index contributed by atoms with van der Waals surface area (Å²) in [6.45, 7) is 5.10. The van der Waals surface area contributed by atoms with Gasteiger partial charge < -0.3 is 45.2 Å². The number of rotatable bonds is 18. The van der Waals surface area contributed by atoms with Crippen molar-refractivity contribution in [3.63, 3.8) is 0 Å². The molecule has 4 amide bonds. The maximum atomic E-state index is 14.2. The minimum Gasteiger partial charge on any atom is -0.453 e. The monoisotopic (exact) mass is 1160 g/mol. The smallest absolute Gasteiger partial charge is 0.407 e. The number of nitrogens with zero attached hydrogens (tertiary/aromatic N) is 4. The van der Waals surface area contributed by atoms with E-state index in [4.69, 9.17) is 9.47 Å². The van der Waals surface area contributed by atoms with Gasteiger partial charge in [-0.25, -0.2) is 27.2 Å². The second kappa shape index (κ2) is 31.8. The van der Waals surface area contributed by atoms with Crippen LogP contribution in [0.2, 0.25) is 0 Å². The van der Waals surface area contributed by atoms with Crippen LogP contribution in [0.15, 0.2) is 158 Å². The fourth-order valence-corrected chi connectivity index (χ4v) is 10.7. The third-order valence-electron chi connectivity index (χ3n) is 15.3. The van der Waals surface area contributed by atoms with E-state index in [0.717, 1.165) is 49.4 Å². The van der Waals surface area contributed by atoms with Gasteiger partial charge in [0.05, 0.1) is 25.3 Å². The summed E-state index contributed by atoms with van der Waals surface area (Å²) in [5.41, 5.74) is 3.51. The Bertz CT molecular complexity index is 2710. The fourth-order valence-electron chi connectivity index (χ4n) is 10.7. The first-order valence-electron chi connectivity index (χ1n) is 26.4. The lowest BCUT2D eigenvalue weighted by Crippen LogP contribution is -2.53. The number of likely N-dealkylation sites (N-methyl/N-ethyl adjacent to an activating group) is 2. The molecule has 2 saturated heterocycles. The highest BCUT2D eigenvalue weighted by Crippen LogP contribution is 2.36. The van der Waals surface area contributed by atoms with Gasteiger partial charge in [-0.1, -0.05) is 109 Å². The van der Waals surface area contributed by atoms with Crippen LogP contribution in [0.3, 0.4) is 0 Å². The second-order valence-electron chi connectivity index (χ2n) is 20.2. The third kappa shape index (κ3) is 18.0. The van der Waals surface area contributed by atoms with E-state index in [1.165, 1.54) is 26.4 Å². The topological polar surface area (TPSA) is 155 Å². The van der Waals surface area contributed by atoms with Crippen molar-refractivity contribution in [2.45, 2.75) is 61.4 Å². The molecule has 4 N–H and O–H groups in total. The van der Waals surface area contributed by atoms with Crippen LogP contribution in [0, 0.1) is 23.3 Å². The number of likely N-dealkylation sites (tertiary alicyclic amines) is 2. The number of ether oxygens (including phenoxy) is 2. The summed E-state index contributed by atoms with van der Waals surface area (Å²) in [5.74, 6) is -4.19. The molecule has 2 aliphatic rings. The Hall–Kier alpha value is -7.02. The second-order valence-corrected chi connectivity index (χ2v) is 20.2. The van der Waals surface area contributed by atoms with Crippen LogP contribution in [0.25, 0.3) is 0 Å². The van der Waals surface area contributed by atoms with E-state index in [2.05, 4.69) is 20.4 Å². The van der Waals surface area contributed by atoms with Crippen molar-refractivity contribution in [2.24, 2.45) is 0 Å². The molecule has 0 bridgehead atoms. The first kappa shape index (κ1) is 66.5. The Balaban J connectivity index is 0.000000336. The predicted molar refractivity (Wildman–Crippen MR) is 311 cm³/mol. The number of benzene rings is 6. The van der Waals surface area contributed by atoms with Gasteiger partial charge in [-0.05, 0) is 122 Å². The highest BCUT2D eigenvalue weighted by Gasteiger charge is 2.40. The van der Waals surface area contributed by atoms with Crippen LogP contribution in [0.4, 0.5) is 27.2 Å². The number of hydrogen-bond donors (Lipinski definition) is 2. The van der Waals surface area contributed by atoms with E-state index in [0.29, 0.717) is 87.0 Å². The lowest BCUT2D eigenvalue weighted by atomic mass is 9.80. The van der Waals surface area contributed by atoms with E-state index in [1.54, 1.807) is 60.3 Å². The molecule has 0 spiro atoms. The summed E-state index contributed by atoms with van der Waals surface area (Å²) in [7, 11) is 6.19. The third-order valence-corrected chi connectivity index (χ3v) is 15.3. The Labute approximate surface area is 485 Å². The molecule has 0 saturated carbocycles. The minimum absolute atomic E-state index is 0. The fraction of sp³-hybridized carbons (Fsp3) is 0.355. The molecule has 2 atom stereocenters. The molecule has 2 heterocycles. The van der Waals surface area contributed by atoms with Crippen LogP contribution in [-0.2, 0) is 20.6 Å². The molecule has 0 aliphatic carbocycles. The van der Waals surface area contributed by atoms with Crippen molar-refractivity contribution in [3.05, 3.63) is 214 Å². The minimum atomic E-state index is -0.894. The van der Waals surface area contributed by atoms with Crippen LogP contribution < -0.4 is 10.6 Å². The summed E-state index contributed by atoms with van der Waals surface area (Å²) in [6, 6.07) is 45.8. The van der Waals surface area contributed by atoms with Crippen molar-refractivity contribution in [3.8, 4) is 0 Å². The van der Waals surface area contributed by atoms with E-state index in [9.17, 15) is 36.7 Å². The summed E-state index contributed by atoms with van der Waals surface area (Å²) >= 11 is 0. The average Bonchev–Trinajstić information content (AvgIpc) is 3.49. The summed E-state index contributed by atoms with van der Waals surface area (Å²) < 4.78 is 65.5. The molecule has 13 nitrogen and oxygen atoms in total. The molecule has 19 heteroatoms. The zero-order chi connectivity index (χ0) is 55.7. The molecule has 0 aromatic heterocycles. The molecule has 2 aliphatic heterocycles. The van der Waals surface area contributed by atoms with E-state index in [1.807, 2.05) is 97.1 Å². The largest absolute Gasteiger partial charge is 0.453 e. The number of piperidine rings is 2. The number of halogens is 6. The zero-order valence-electron chi connectivity index (χ0n) is 46.1. The van der Waals surface area contributed by atoms with Gasteiger partial charge in [-0.3, -0.25) is 9.59 Å². The Morgan fingerprint density at radius 2 is 0.802 bits per heavy atom. The van der Waals surface area contributed by atoms with Crippen molar-refractivity contribution in [1.29, 1.82) is 0 Å². The average molecular weight is 1160 g/mol. The van der Waals surface area contributed by atoms with Gasteiger partial charge in [0.2, 0.25) is 0 Å². The van der Waals surface area contributed by atoms with E-state index in [-0.39, 0.29) is 53.9 Å². The maximum absolute atomic E-state index is 14.2. The molecule has 6 aromatic carbocycles. The molecule has 8 rings (SSSR count). The summed E-state index contributed by atoms with van der Waals surface area (Å²) in [4.78, 5) is 58.3. The molecular formula is C62H74Cl2F4N6O7. The van der Waals surface area contributed by atoms with E-state index >= 15 is 0 Å². The van der Waals surface area contributed by atoms with Crippen LogP contribution >= 0.6 is 24.8 Å². The first-order chi connectivity index (χ1) is 37.6. The van der Waals surface area contributed by atoms with Gasteiger partial charge in [-0.15, -0.1) is 24.8 Å². The molecular weight excluding hydrogens is 1090 g/mol. The van der Waals surface area contributed by atoms with Crippen molar-refractivity contribution >= 4 is 48.8 Å². The lowest BCUT2D eigenvalue weighted by molar-refractivity contribution is 0.0771. The summed E-state index contributed by atoms with van der Waals surface area (Å²) in [6.07, 6.45) is 3.19. The standard InChI is InChI=1S/2C31H35F2N3O3.2ClH.H2O/c2*1-35(29(37)23-9-5-3-6-10-23)22-25(24-13-14-27(32)28(33)21-24)15-18-36-19-16-31(17-20-36,34-30(38)39-2)26-11-7-4-8-12-26;;;/h2*3-14,21,25H,15-20,22H2,1-2H3,(H,34,38);2*1H;1H2. The number of methoxy groups -OCH3 is 2. The van der Waals surface area contributed by atoms with Crippen molar-refractivity contribution in [1.82, 2.24) is 30.2 Å². The quantitative estimate of drug-likeness (QED) is 0.0806. The number of alkyl carbamates (subject to hydrolysis) is 2. The Morgan fingerprint density at radius 3 is 1.10 bits per heavy atom. The van der Waals surface area contributed by atoms with Crippen LogP contribution in [0.5, 0.6) is 0 Å².